The molecule has 0 aliphatic rings. The number of carbonyl (C=O) groups excluding carboxylic acids is 1. The van der Waals surface area contributed by atoms with Crippen LogP contribution >= 0.6 is 0 Å². The zero-order valence-electron chi connectivity index (χ0n) is 12.3. The summed E-state index contributed by atoms with van der Waals surface area (Å²) in [5.74, 6) is -0.534. The second-order valence-corrected chi connectivity index (χ2v) is 4.48. The number of carbonyl (C=O) groups is 1. The van der Waals surface area contributed by atoms with E-state index in [1.54, 1.807) is 18.2 Å². The van der Waals surface area contributed by atoms with Gasteiger partial charge in [-0.25, -0.2) is 4.79 Å². The van der Waals surface area contributed by atoms with Gasteiger partial charge in [-0.15, -0.1) is 13.2 Å². The first-order valence-electron chi connectivity index (χ1n) is 6.46. The van der Waals surface area contributed by atoms with Crippen LogP contribution in [0.4, 0.5) is 13.2 Å². The minimum atomic E-state index is -4.79. The Labute approximate surface area is 130 Å². The van der Waals surface area contributed by atoms with Crippen LogP contribution in [0.3, 0.4) is 0 Å². The number of esters is 1. The van der Waals surface area contributed by atoms with Gasteiger partial charge in [0.15, 0.2) is 0 Å². The molecule has 0 spiro atoms. The highest BCUT2D eigenvalue weighted by Gasteiger charge is 2.31. The van der Waals surface area contributed by atoms with Crippen LogP contribution < -0.4 is 9.47 Å². The summed E-state index contributed by atoms with van der Waals surface area (Å²) >= 11 is 0. The van der Waals surface area contributed by atoms with Crippen molar-refractivity contribution in [3.8, 4) is 22.6 Å². The Kier molecular flexibility index (Phi) is 4.78. The normalized spacial score (nSPS) is 11.0. The molecule has 0 N–H and O–H groups in total. The fourth-order valence-corrected chi connectivity index (χ4v) is 2.04. The molecule has 122 valence electrons. The molecule has 0 aliphatic heterocycles. The summed E-state index contributed by atoms with van der Waals surface area (Å²) in [5.41, 5.74) is 0.951. The highest BCUT2D eigenvalue weighted by Crippen LogP contribution is 2.32. The summed E-state index contributed by atoms with van der Waals surface area (Å²) in [5, 5.41) is 0. The van der Waals surface area contributed by atoms with E-state index in [1.165, 1.54) is 38.5 Å². The molecule has 0 unspecified atom stereocenters. The van der Waals surface area contributed by atoms with Gasteiger partial charge in [0, 0.05) is 0 Å². The van der Waals surface area contributed by atoms with Gasteiger partial charge in [-0.2, -0.15) is 0 Å². The van der Waals surface area contributed by atoms with Crippen molar-refractivity contribution in [2.45, 2.75) is 6.36 Å². The van der Waals surface area contributed by atoms with E-state index in [4.69, 9.17) is 9.47 Å². The maximum absolute atomic E-state index is 12.3. The van der Waals surface area contributed by atoms with Crippen molar-refractivity contribution in [1.29, 1.82) is 0 Å². The van der Waals surface area contributed by atoms with Gasteiger partial charge in [0.25, 0.3) is 0 Å². The van der Waals surface area contributed by atoms with Crippen molar-refractivity contribution in [2.75, 3.05) is 14.2 Å². The van der Waals surface area contributed by atoms with Gasteiger partial charge in [0.1, 0.15) is 11.5 Å². The first-order chi connectivity index (χ1) is 10.8. The van der Waals surface area contributed by atoms with Crippen molar-refractivity contribution in [3.63, 3.8) is 0 Å². The van der Waals surface area contributed by atoms with E-state index >= 15 is 0 Å². The van der Waals surface area contributed by atoms with Gasteiger partial charge >= 0.3 is 12.3 Å². The molecule has 0 fully saturated rings. The van der Waals surface area contributed by atoms with Crippen molar-refractivity contribution in [1.82, 2.24) is 0 Å². The maximum Gasteiger partial charge on any atom is 0.573 e. The van der Waals surface area contributed by atoms with Gasteiger partial charge in [0.2, 0.25) is 0 Å². The number of alkyl halides is 3. The number of hydrogen-bond acceptors (Lipinski definition) is 4. The van der Waals surface area contributed by atoms with Crippen LogP contribution in [0.2, 0.25) is 0 Å². The minimum Gasteiger partial charge on any atom is -0.497 e. The minimum absolute atomic E-state index is 0.206. The lowest BCUT2D eigenvalue weighted by atomic mass is 9.99. The predicted octanol–water partition coefficient (Wildman–Crippen LogP) is 4.05. The number of methoxy groups -OCH3 is 2. The van der Waals surface area contributed by atoms with Crippen LogP contribution in [0.1, 0.15) is 10.4 Å². The molecule has 2 aromatic carbocycles. The third-order valence-electron chi connectivity index (χ3n) is 3.01. The fourth-order valence-electron chi connectivity index (χ4n) is 2.04. The van der Waals surface area contributed by atoms with Gasteiger partial charge < -0.3 is 14.2 Å². The van der Waals surface area contributed by atoms with E-state index in [0.717, 1.165) is 0 Å². The van der Waals surface area contributed by atoms with Crippen LogP contribution in [-0.2, 0) is 4.74 Å². The molecule has 0 saturated carbocycles. The Balaban J connectivity index is 2.52. The van der Waals surface area contributed by atoms with Crippen molar-refractivity contribution in [3.05, 3.63) is 48.0 Å². The van der Waals surface area contributed by atoms with E-state index < -0.39 is 12.3 Å². The Bertz CT molecular complexity index is 711. The fraction of sp³-hybridized carbons (Fsp3) is 0.188. The molecule has 0 aliphatic carbocycles. The van der Waals surface area contributed by atoms with Crippen LogP contribution in [0.5, 0.6) is 11.5 Å². The molecule has 2 aromatic rings. The third kappa shape index (κ3) is 4.15. The number of benzene rings is 2. The molecular weight excluding hydrogens is 313 g/mol. The molecule has 0 radical (unpaired) electrons. The zero-order valence-corrected chi connectivity index (χ0v) is 12.3. The first kappa shape index (κ1) is 16.7. The van der Waals surface area contributed by atoms with Gasteiger partial charge in [-0.3, -0.25) is 0 Å². The smallest absolute Gasteiger partial charge is 0.497 e. The van der Waals surface area contributed by atoms with Crippen molar-refractivity contribution >= 4 is 5.97 Å². The molecule has 0 saturated heterocycles. The zero-order chi connectivity index (χ0) is 17.0. The van der Waals surface area contributed by atoms with E-state index in [9.17, 15) is 18.0 Å². The molecule has 0 atom stereocenters. The lowest BCUT2D eigenvalue weighted by molar-refractivity contribution is -0.274. The summed E-state index contributed by atoms with van der Waals surface area (Å²) in [4.78, 5) is 11.8. The largest absolute Gasteiger partial charge is 0.573 e. The SMILES string of the molecule is COC(=O)c1ccc(OC)cc1-c1cccc(OC(F)(F)F)c1. The van der Waals surface area contributed by atoms with Crippen LogP contribution in [-0.4, -0.2) is 26.6 Å². The molecule has 0 heterocycles. The third-order valence-corrected chi connectivity index (χ3v) is 3.01. The summed E-state index contributed by atoms with van der Waals surface area (Å²) in [6, 6.07) is 9.91. The highest BCUT2D eigenvalue weighted by molar-refractivity contribution is 5.97. The second kappa shape index (κ2) is 6.60. The molecule has 23 heavy (non-hydrogen) atoms. The highest BCUT2D eigenvalue weighted by atomic mass is 19.4. The van der Waals surface area contributed by atoms with Crippen LogP contribution in [0.25, 0.3) is 11.1 Å². The average Bonchev–Trinajstić information content (AvgIpc) is 2.52. The Morgan fingerprint density at radius 3 is 2.35 bits per heavy atom. The molecule has 7 heteroatoms. The summed E-state index contributed by atoms with van der Waals surface area (Å²) in [6.45, 7) is 0. The van der Waals surface area contributed by atoms with E-state index in [2.05, 4.69) is 4.74 Å². The molecule has 0 amide bonds. The lowest BCUT2D eigenvalue weighted by Gasteiger charge is -2.13. The molecule has 0 aromatic heterocycles. The van der Waals surface area contributed by atoms with Crippen LogP contribution in [0.15, 0.2) is 42.5 Å². The predicted molar refractivity (Wildman–Crippen MR) is 76.5 cm³/mol. The van der Waals surface area contributed by atoms with Gasteiger partial charge in [0.05, 0.1) is 19.8 Å². The van der Waals surface area contributed by atoms with Crippen molar-refractivity contribution in [2.24, 2.45) is 0 Å². The molecule has 4 nitrogen and oxygen atoms in total. The van der Waals surface area contributed by atoms with E-state index in [0.29, 0.717) is 16.9 Å². The van der Waals surface area contributed by atoms with Gasteiger partial charge in [-0.05, 0) is 41.5 Å². The standard InChI is InChI=1S/C16H13F3O4/c1-21-11-6-7-13(15(20)22-2)14(9-11)10-4-3-5-12(8-10)23-16(17,18)19/h3-9H,1-2H3. The van der Waals surface area contributed by atoms with Gasteiger partial charge in [-0.1, -0.05) is 12.1 Å². The monoisotopic (exact) mass is 326 g/mol. The van der Waals surface area contributed by atoms with Crippen molar-refractivity contribution < 1.29 is 32.2 Å². The molecule has 0 bridgehead atoms. The Hall–Kier alpha value is -2.70. The van der Waals surface area contributed by atoms with E-state index in [-0.39, 0.29) is 11.3 Å². The Morgan fingerprint density at radius 1 is 1.00 bits per heavy atom. The van der Waals surface area contributed by atoms with E-state index in [1.807, 2.05) is 0 Å². The lowest BCUT2D eigenvalue weighted by Crippen LogP contribution is -2.17. The number of rotatable bonds is 4. The molecular formula is C16H13F3O4. The summed E-state index contributed by atoms with van der Waals surface area (Å²) < 4.78 is 50.7. The average molecular weight is 326 g/mol. The van der Waals surface area contributed by atoms with Crippen LogP contribution in [0, 0.1) is 0 Å². The number of hydrogen-bond donors (Lipinski definition) is 0. The Morgan fingerprint density at radius 2 is 1.74 bits per heavy atom. The second-order valence-electron chi connectivity index (χ2n) is 4.48. The first-order valence-corrected chi connectivity index (χ1v) is 6.46. The topological polar surface area (TPSA) is 44.8 Å². The quantitative estimate of drug-likeness (QED) is 0.795. The summed E-state index contributed by atoms with van der Waals surface area (Å²) in [6.07, 6.45) is -4.79. The summed E-state index contributed by atoms with van der Waals surface area (Å²) in [7, 11) is 2.67. The molecule has 2 rings (SSSR count). The maximum atomic E-state index is 12.3. The number of ether oxygens (including phenoxy) is 3. The number of halogens is 3.